The molecule has 0 spiro atoms. The highest BCUT2D eigenvalue weighted by atomic mass is 35.5. The maximum atomic E-state index is 11.9. The maximum absolute atomic E-state index is 11.9. The maximum Gasteiger partial charge on any atom is 0.250 e. The second kappa shape index (κ2) is 8.47. The lowest BCUT2D eigenvalue weighted by atomic mass is 10.2. The quantitative estimate of drug-likeness (QED) is 0.452. The van der Waals surface area contributed by atoms with E-state index in [-0.39, 0.29) is 5.16 Å². The molecule has 2 aromatic heterocycles. The zero-order valence-electron chi connectivity index (χ0n) is 14.5. The second-order valence-corrected chi connectivity index (χ2v) is 8.09. The van der Waals surface area contributed by atoms with Crippen LogP contribution in [0, 0.1) is 0 Å². The summed E-state index contributed by atoms with van der Waals surface area (Å²) in [5.41, 5.74) is 1.02. The van der Waals surface area contributed by atoms with Crippen LogP contribution in [0.5, 0.6) is 0 Å². The van der Waals surface area contributed by atoms with Crippen molar-refractivity contribution in [3.05, 3.63) is 59.6 Å². The van der Waals surface area contributed by atoms with Gasteiger partial charge in [0.25, 0.3) is 5.16 Å². The monoisotopic (exact) mass is 407 g/mol. The van der Waals surface area contributed by atoms with E-state index in [1.54, 1.807) is 23.0 Å². The molecular weight excluding hydrogens is 390 g/mol. The summed E-state index contributed by atoms with van der Waals surface area (Å²) in [4.78, 5) is 12.1. The molecular formula is C17H18ClN5O3S. The Hall–Kier alpha value is -2.49. The highest BCUT2D eigenvalue weighted by molar-refractivity contribution is 7.90. The van der Waals surface area contributed by atoms with Gasteiger partial charge in [-0.3, -0.25) is 4.57 Å². The van der Waals surface area contributed by atoms with Gasteiger partial charge in [0.15, 0.2) is 0 Å². The van der Waals surface area contributed by atoms with Gasteiger partial charge in [-0.2, -0.15) is 0 Å². The summed E-state index contributed by atoms with van der Waals surface area (Å²) in [5, 5.41) is 3.49. The van der Waals surface area contributed by atoms with E-state index in [9.17, 15) is 8.42 Å². The molecule has 2 heterocycles. The number of anilines is 1. The van der Waals surface area contributed by atoms with E-state index in [4.69, 9.17) is 16.3 Å². The van der Waals surface area contributed by atoms with Crippen LogP contribution >= 0.6 is 11.6 Å². The van der Waals surface area contributed by atoms with E-state index < -0.39 is 9.84 Å². The minimum Gasteiger partial charge on any atom is -0.375 e. The van der Waals surface area contributed by atoms with Crippen LogP contribution in [0.4, 0.5) is 5.82 Å². The van der Waals surface area contributed by atoms with Crippen LogP contribution in [0.3, 0.4) is 0 Å². The topological polar surface area (TPSA) is 99.0 Å². The van der Waals surface area contributed by atoms with E-state index in [2.05, 4.69) is 20.3 Å². The Morgan fingerprint density at radius 3 is 2.67 bits per heavy atom. The molecule has 27 heavy (non-hydrogen) atoms. The van der Waals surface area contributed by atoms with Crippen molar-refractivity contribution in [2.45, 2.75) is 11.8 Å². The van der Waals surface area contributed by atoms with Gasteiger partial charge in [0, 0.05) is 36.3 Å². The minimum absolute atomic E-state index is 0.252. The first-order valence-corrected chi connectivity index (χ1v) is 10.3. The molecule has 0 saturated carbocycles. The highest BCUT2D eigenvalue weighted by Gasteiger charge is 2.15. The van der Waals surface area contributed by atoms with Crippen molar-refractivity contribution in [2.24, 2.45) is 0 Å². The number of hydrogen-bond acceptors (Lipinski definition) is 7. The third-order valence-corrected chi connectivity index (χ3v) is 4.63. The van der Waals surface area contributed by atoms with E-state index in [0.29, 0.717) is 36.4 Å². The Labute approximate surface area is 162 Å². The lowest BCUT2D eigenvalue weighted by Crippen LogP contribution is -2.14. The molecule has 0 amide bonds. The number of rotatable bonds is 8. The SMILES string of the molecule is CS(=O)(=O)c1nc(NCCOCc2ccc(Cl)cc2)cc(-n2ccnc2)n1. The third kappa shape index (κ3) is 5.49. The number of nitrogens with one attached hydrogen (secondary N) is 1. The van der Waals surface area contributed by atoms with Crippen LogP contribution in [0.2, 0.25) is 5.02 Å². The minimum atomic E-state index is -3.55. The fraction of sp³-hybridized carbons (Fsp3) is 0.235. The van der Waals surface area contributed by atoms with Crippen LogP contribution in [-0.2, 0) is 21.2 Å². The Balaban J connectivity index is 1.62. The predicted molar refractivity (Wildman–Crippen MR) is 102 cm³/mol. The predicted octanol–water partition coefficient (Wildman–Crippen LogP) is 2.35. The average molecular weight is 408 g/mol. The van der Waals surface area contributed by atoms with Crippen LogP contribution < -0.4 is 5.32 Å². The summed E-state index contributed by atoms with van der Waals surface area (Å²) in [6, 6.07) is 9.06. The van der Waals surface area contributed by atoms with Gasteiger partial charge in [-0.1, -0.05) is 23.7 Å². The number of halogens is 1. The molecule has 0 atom stereocenters. The van der Waals surface area contributed by atoms with E-state index in [1.807, 2.05) is 24.3 Å². The summed E-state index contributed by atoms with van der Waals surface area (Å²) in [5.74, 6) is 0.803. The Kier molecular flexibility index (Phi) is 6.04. The van der Waals surface area contributed by atoms with E-state index in [0.717, 1.165) is 11.8 Å². The third-order valence-electron chi connectivity index (χ3n) is 3.53. The van der Waals surface area contributed by atoms with E-state index in [1.165, 1.54) is 6.33 Å². The molecule has 0 radical (unpaired) electrons. The van der Waals surface area contributed by atoms with Crippen LogP contribution in [0.15, 0.2) is 54.2 Å². The summed E-state index contributed by atoms with van der Waals surface area (Å²) >= 11 is 5.85. The molecule has 0 aliphatic rings. The molecule has 142 valence electrons. The fourth-order valence-electron chi connectivity index (χ4n) is 2.22. The Bertz CT molecular complexity index is 992. The number of hydrogen-bond donors (Lipinski definition) is 1. The highest BCUT2D eigenvalue weighted by Crippen LogP contribution is 2.14. The average Bonchev–Trinajstić information content (AvgIpc) is 3.17. The summed E-state index contributed by atoms with van der Waals surface area (Å²) < 4.78 is 30.9. The molecule has 0 unspecified atom stereocenters. The van der Waals surface area contributed by atoms with Crippen molar-refractivity contribution in [1.29, 1.82) is 0 Å². The van der Waals surface area contributed by atoms with E-state index >= 15 is 0 Å². The van der Waals surface area contributed by atoms with Gasteiger partial charge in [-0.15, -0.1) is 0 Å². The van der Waals surface area contributed by atoms with Gasteiger partial charge in [-0.05, 0) is 17.7 Å². The van der Waals surface area contributed by atoms with Gasteiger partial charge in [0.1, 0.15) is 18.0 Å². The second-order valence-electron chi connectivity index (χ2n) is 5.74. The van der Waals surface area contributed by atoms with Crippen molar-refractivity contribution in [1.82, 2.24) is 19.5 Å². The Morgan fingerprint density at radius 1 is 1.22 bits per heavy atom. The van der Waals surface area contributed by atoms with Crippen molar-refractivity contribution in [3.8, 4) is 5.82 Å². The molecule has 0 saturated heterocycles. The number of imidazole rings is 1. The molecule has 0 fully saturated rings. The normalized spacial score (nSPS) is 11.5. The van der Waals surface area contributed by atoms with Crippen molar-refractivity contribution >= 4 is 27.3 Å². The molecule has 0 bridgehead atoms. The molecule has 10 heteroatoms. The van der Waals surface area contributed by atoms with Gasteiger partial charge < -0.3 is 10.1 Å². The Morgan fingerprint density at radius 2 is 2.00 bits per heavy atom. The number of nitrogens with zero attached hydrogens (tertiary/aromatic N) is 4. The summed E-state index contributed by atoms with van der Waals surface area (Å²) in [6.45, 7) is 1.33. The molecule has 8 nitrogen and oxygen atoms in total. The zero-order chi connectivity index (χ0) is 19.3. The van der Waals surface area contributed by atoms with Crippen LogP contribution in [-0.4, -0.2) is 47.3 Å². The van der Waals surface area contributed by atoms with Gasteiger partial charge in [0.2, 0.25) is 9.84 Å². The number of aromatic nitrogens is 4. The first-order chi connectivity index (χ1) is 12.9. The summed E-state index contributed by atoms with van der Waals surface area (Å²) in [6.07, 6.45) is 5.86. The lowest BCUT2D eigenvalue weighted by molar-refractivity contribution is 0.130. The molecule has 0 aliphatic carbocycles. The van der Waals surface area contributed by atoms with Gasteiger partial charge in [-0.25, -0.2) is 23.4 Å². The van der Waals surface area contributed by atoms with Crippen molar-refractivity contribution in [3.63, 3.8) is 0 Å². The molecule has 3 rings (SSSR count). The van der Waals surface area contributed by atoms with Crippen molar-refractivity contribution in [2.75, 3.05) is 24.7 Å². The first kappa shape index (κ1) is 19.3. The van der Waals surface area contributed by atoms with Crippen molar-refractivity contribution < 1.29 is 13.2 Å². The number of ether oxygens (including phenoxy) is 1. The van der Waals surface area contributed by atoms with Gasteiger partial charge in [0.05, 0.1) is 13.2 Å². The van der Waals surface area contributed by atoms with Gasteiger partial charge >= 0.3 is 0 Å². The molecule has 1 N–H and O–H groups in total. The molecule has 3 aromatic rings. The van der Waals surface area contributed by atoms with Crippen LogP contribution in [0.1, 0.15) is 5.56 Å². The standard InChI is InChI=1S/C17H18ClN5O3S/c1-27(24,25)17-21-15(10-16(22-17)23-8-6-19-12-23)20-7-9-26-11-13-2-4-14(18)5-3-13/h2-6,8,10,12H,7,9,11H2,1H3,(H,20,21,22). The molecule has 1 aromatic carbocycles. The van der Waals surface area contributed by atoms with Crippen LogP contribution in [0.25, 0.3) is 5.82 Å². The fourth-order valence-corrected chi connectivity index (χ4v) is 2.87. The first-order valence-electron chi connectivity index (χ1n) is 8.05. The number of benzene rings is 1. The zero-order valence-corrected chi connectivity index (χ0v) is 16.1. The number of sulfone groups is 1. The smallest absolute Gasteiger partial charge is 0.250 e. The summed E-state index contributed by atoms with van der Waals surface area (Å²) in [7, 11) is -3.55. The largest absolute Gasteiger partial charge is 0.375 e. The molecule has 0 aliphatic heterocycles. The lowest BCUT2D eigenvalue weighted by Gasteiger charge is -2.10.